The maximum absolute atomic E-state index is 11.5. The molecule has 0 bridgehead atoms. The Labute approximate surface area is 378 Å². The molecule has 0 aliphatic heterocycles. The Morgan fingerprint density at radius 2 is 0.736 bits per heavy atom. The second-order valence-electron chi connectivity index (χ2n) is 10.2. The van der Waals surface area contributed by atoms with E-state index in [2.05, 4.69) is 0 Å². The van der Waals surface area contributed by atoms with E-state index in [1.54, 1.807) is 0 Å². The summed E-state index contributed by atoms with van der Waals surface area (Å²) >= 11 is 33.1. The van der Waals surface area contributed by atoms with Crippen LogP contribution in [0.2, 0.25) is 30.1 Å². The molecule has 0 atom stereocenters. The van der Waals surface area contributed by atoms with Crippen molar-refractivity contribution in [1.29, 1.82) is 0 Å². The molecule has 0 heterocycles. The third kappa shape index (κ3) is 14.6. The van der Waals surface area contributed by atoms with Gasteiger partial charge in [-0.05, 0) is 59.7 Å². The van der Waals surface area contributed by atoms with Crippen LogP contribution < -0.4 is 59.1 Å². The van der Waals surface area contributed by atoms with Crippen LogP contribution in [-0.2, 0) is 45.9 Å². The van der Waals surface area contributed by atoms with Crippen molar-refractivity contribution in [2.75, 3.05) is 0 Å². The Kier molecular flexibility index (Phi) is 20.0. The predicted octanol–water partition coefficient (Wildman–Crippen LogP) is 1.03. The molecule has 0 amide bonds. The molecule has 0 aromatic heterocycles. The summed E-state index contributed by atoms with van der Waals surface area (Å²) in [6, 6.07) is 10.4. The molecule has 0 saturated heterocycles. The van der Waals surface area contributed by atoms with Crippen LogP contribution in [0.4, 0.5) is 0 Å². The number of hydrogen-bond acceptors (Lipinski definition) is 12. The molecule has 0 radical (unpaired) electrons. The monoisotopic (exact) mass is 952 g/mol. The zero-order valence-electron chi connectivity index (χ0n) is 27.0. The van der Waals surface area contributed by atoms with Gasteiger partial charge in [0.15, 0.2) is 0 Å². The maximum Gasteiger partial charge on any atom is 1.00 e. The first-order chi connectivity index (χ1) is 22.9. The fourth-order valence-electron chi connectivity index (χ4n) is 4.02. The first kappa shape index (κ1) is 52.9. The van der Waals surface area contributed by atoms with Gasteiger partial charge < -0.3 is 19.3 Å². The molecule has 0 aliphatic carbocycles. The topological polar surface area (TPSA) is 264 Å². The standard InChI is InChI=1S/C15H16O8S2.2C6H3Cl3O3S.2Na/c1-15(2,11-5-3-9(16)7-13(11)24(18,19)20)12-6-4-10(17)8-14(12)25(21,22)23;2*7-3-1-5(9)6(2-4(3)8)13(10,11)12;;/h3-8,16-17H,1-2H3,(H,18,19,20)(H,21,22,23);2*1-2H,(H,10,11,12);;/q;;;2*+1/p-2. The smallest absolute Gasteiger partial charge is 0.744 e. The molecule has 280 valence electrons. The van der Waals surface area contributed by atoms with Gasteiger partial charge >= 0.3 is 59.1 Å². The SMILES string of the molecule is CC(C)(c1ccc(O)cc1S(=O)(=O)[O-])c1ccc(O)cc1S(=O)(=O)[O-].O=S(=O)(O)c1cc(Cl)c(Cl)cc1Cl.O=S(=O)(O)c1cc(Cl)c(Cl)cc1Cl.[Na+].[Na+]. The maximum atomic E-state index is 11.5. The average Bonchev–Trinajstić information content (AvgIpc) is 2.95. The Bertz CT molecular complexity index is 2280. The third-order valence-electron chi connectivity index (χ3n) is 6.32. The van der Waals surface area contributed by atoms with Crippen molar-refractivity contribution < 1.29 is 121 Å². The van der Waals surface area contributed by atoms with Gasteiger partial charge in [0, 0.05) is 5.41 Å². The van der Waals surface area contributed by atoms with E-state index in [4.69, 9.17) is 78.7 Å². The molecule has 4 rings (SSSR count). The molecule has 0 fully saturated rings. The molecule has 4 aromatic carbocycles. The van der Waals surface area contributed by atoms with Crippen LogP contribution in [-0.4, -0.2) is 62.1 Å². The van der Waals surface area contributed by atoms with Gasteiger partial charge in [0.05, 0.1) is 39.9 Å². The number of aromatic hydroxyl groups is 2. The van der Waals surface area contributed by atoms with E-state index < -0.39 is 77.0 Å². The van der Waals surface area contributed by atoms with Crippen LogP contribution in [0.25, 0.3) is 0 Å². The molecular formula is C27H20Cl6Na2O14S4. The van der Waals surface area contributed by atoms with E-state index in [0.29, 0.717) is 0 Å². The summed E-state index contributed by atoms with van der Waals surface area (Å²) < 4.78 is 129. The summed E-state index contributed by atoms with van der Waals surface area (Å²) in [4.78, 5) is -2.38. The van der Waals surface area contributed by atoms with E-state index in [-0.39, 0.29) is 100 Å². The zero-order valence-corrected chi connectivity index (χ0v) is 38.8. The van der Waals surface area contributed by atoms with Gasteiger partial charge in [-0.2, -0.15) is 16.8 Å². The molecule has 4 aromatic rings. The van der Waals surface area contributed by atoms with Crippen LogP contribution in [0.15, 0.2) is 80.2 Å². The van der Waals surface area contributed by atoms with Crippen LogP contribution in [0.5, 0.6) is 11.5 Å². The minimum atomic E-state index is -4.99. The number of halogens is 6. The Morgan fingerprint density at radius 1 is 0.472 bits per heavy atom. The summed E-state index contributed by atoms with van der Waals surface area (Å²) in [5.41, 5.74) is -1.62. The summed E-state index contributed by atoms with van der Waals surface area (Å²) in [5, 5.41) is 18.9. The van der Waals surface area contributed by atoms with Crippen LogP contribution in [0.3, 0.4) is 0 Å². The van der Waals surface area contributed by atoms with Gasteiger partial charge in [-0.25, -0.2) is 16.8 Å². The number of hydrogen-bond donors (Lipinski definition) is 4. The summed E-state index contributed by atoms with van der Waals surface area (Å²) in [7, 11) is -18.7. The quantitative estimate of drug-likeness (QED) is 0.120. The van der Waals surface area contributed by atoms with Crippen molar-refractivity contribution in [2.45, 2.75) is 38.8 Å². The Morgan fingerprint density at radius 3 is 0.981 bits per heavy atom. The van der Waals surface area contributed by atoms with Gasteiger partial charge in [0.1, 0.15) is 41.5 Å². The summed E-state index contributed by atoms with van der Waals surface area (Å²) in [5.74, 6) is -0.923. The van der Waals surface area contributed by atoms with E-state index in [1.165, 1.54) is 13.8 Å². The molecule has 53 heavy (non-hydrogen) atoms. The minimum Gasteiger partial charge on any atom is -0.744 e. The van der Waals surface area contributed by atoms with Crippen molar-refractivity contribution in [3.63, 3.8) is 0 Å². The molecule has 26 heteroatoms. The van der Waals surface area contributed by atoms with Crippen LogP contribution >= 0.6 is 69.6 Å². The van der Waals surface area contributed by atoms with Crippen LogP contribution in [0, 0.1) is 0 Å². The van der Waals surface area contributed by atoms with E-state index in [9.17, 15) is 53.0 Å². The zero-order chi connectivity index (χ0) is 39.7. The molecule has 0 unspecified atom stereocenters. The van der Waals surface area contributed by atoms with E-state index in [0.717, 1.165) is 60.7 Å². The number of phenols is 2. The van der Waals surface area contributed by atoms with Gasteiger partial charge in [-0.3, -0.25) is 9.11 Å². The summed E-state index contributed by atoms with van der Waals surface area (Å²) in [6.07, 6.45) is 0. The van der Waals surface area contributed by atoms with Gasteiger partial charge in [0.2, 0.25) is 0 Å². The molecule has 0 spiro atoms. The fourth-order valence-corrected chi connectivity index (χ4v) is 8.69. The first-order valence-corrected chi connectivity index (χ1v) is 20.7. The van der Waals surface area contributed by atoms with Crippen molar-refractivity contribution in [2.24, 2.45) is 0 Å². The van der Waals surface area contributed by atoms with Gasteiger partial charge in [-0.1, -0.05) is 95.6 Å². The van der Waals surface area contributed by atoms with Gasteiger partial charge in [-0.15, -0.1) is 0 Å². The average molecular weight is 955 g/mol. The Balaban J connectivity index is 0.000000821. The van der Waals surface area contributed by atoms with Crippen molar-refractivity contribution in [1.82, 2.24) is 0 Å². The minimum absolute atomic E-state index is 0. The second-order valence-corrected chi connectivity index (χ2v) is 18.2. The molecule has 0 aliphatic rings. The predicted molar refractivity (Wildman–Crippen MR) is 187 cm³/mol. The number of rotatable bonds is 6. The fraction of sp³-hybridized carbons (Fsp3) is 0.111. The Hall–Kier alpha value is -0.140. The largest absolute Gasteiger partial charge is 1.00 e. The summed E-state index contributed by atoms with van der Waals surface area (Å²) in [6.45, 7) is 2.82. The third-order valence-corrected chi connectivity index (χ3v) is 12.2. The number of benzene rings is 4. The molecule has 14 nitrogen and oxygen atoms in total. The normalized spacial score (nSPS) is 11.8. The van der Waals surface area contributed by atoms with E-state index >= 15 is 0 Å². The van der Waals surface area contributed by atoms with Crippen molar-refractivity contribution in [3.8, 4) is 11.5 Å². The van der Waals surface area contributed by atoms with E-state index in [1.807, 2.05) is 0 Å². The van der Waals surface area contributed by atoms with Gasteiger partial charge in [0.25, 0.3) is 20.2 Å². The number of phenolic OH excluding ortho intramolecular Hbond substituents is 2. The first-order valence-electron chi connectivity index (χ1n) is 12.7. The molecule has 0 saturated carbocycles. The second kappa shape index (κ2) is 20.0. The molecule has 4 N–H and O–H groups in total. The van der Waals surface area contributed by atoms with Crippen LogP contribution in [0.1, 0.15) is 25.0 Å². The van der Waals surface area contributed by atoms with Crippen molar-refractivity contribution in [3.05, 3.63) is 102 Å². The molecular weight excluding hydrogens is 935 g/mol. The van der Waals surface area contributed by atoms with Crippen molar-refractivity contribution >= 4 is 110 Å².